The average molecular weight is 828 g/mol. The molecule has 0 radical (unpaired) electrons. The van der Waals surface area contributed by atoms with E-state index in [4.69, 9.17) is 0 Å². The normalized spacial score (nSPS) is 15.3. The van der Waals surface area contributed by atoms with E-state index >= 15 is 0 Å². The smallest absolute Gasteiger partial charge is 0.0557 e. The van der Waals surface area contributed by atoms with Gasteiger partial charge >= 0.3 is 0 Å². The lowest BCUT2D eigenvalue weighted by Gasteiger charge is -2.34. The predicted octanol–water partition coefficient (Wildman–Crippen LogP) is 16.2. The SMILES string of the molecule is C=C(C)C1=C(C=CC)C=Cc2ccccc2N1c1ccc2c(c1)c1cc(C=Cc3ccc4c(c3)C(C)(C)c3c-4ccc(N4CCCc5ccccc54)c3C)ccc1n2-c1ccccc1. The molecule has 3 heteroatoms. The van der Waals surface area contributed by atoms with Crippen LogP contribution in [0, 0.1) is 6.92 Å². The molecule has 3 nitrogen and oxygen atoms in total. The maximum absolute atomic E-state index is 4.50. The van der Waals surface area contributed by atoms with Gasteiger partial charge < -0.3 is 14.4 Å². The number of allylic oxidation sites excluding steroid dienone is 5. The fourth-order valence-corrected chi connectivity index (χ4v) is 11.0. The quantitative estimate of drug-likeness (QED) is 0.148. The molecule has 1 aromatic heterocycles. The molecule has 0 unspecified atom stereocenters. The van der Waals surface area contributed by atoms with Gasteiger partial charge in [-0.1, -0.05) is 142 Å². The third kappa shape index (κ3) is 6.33. The van der Waals surface area contributed by atoms with Crippen molar-refractivity contribution in [2.24, 2.45) is 0 Å². The van der Waals surface area contributed by atoms with Crippen molar-refractivity contribution in [1.82, 2.24) is 4.57 Å². The summed E-state index contributed by atoms with van der Waals surface area (Å²) in [6.45, 7) is 16.9. The molecule has 11 rings (SSSR count). The first-order chi connectivity index (χ1) is 31.2. The molecule has 0 N–H and O–H groups in total. The van der Waals surface area contributed by atoms with Crippen LogP contribution >= 0.6 is 0 Å². The van der Waals surface area contributed by atoms with Gasteiger partial charge in [-0.05, 0) is 155 Å². The molecule has 2 aliphatic heterocycles. The minimum atomic E-state index is -0.128. The first kappa shape index (κ1) is 39.5. The number of nitrogens with zero attached hydrogens (tertiary/aromatic N) is 3. The van der Waals surface area contributed by atoms with Gasteiger partial charge in [0, 0.05) is 45.5 Å². The predicted molar refractivity (Wildman–Crippen MR) is 274 cm³/mol. The van der Waals surface area contributed by atoms with Crippen LogP contribution in [0.3, 0.4) is 0 Å². The minimum absolute atomic E-state index is 0.128. The summed E-state index contributed by atoms with van der Waals surface area (Å²) in [7, 11) is 0. The second-order valence-electron chi connectivity index (χ2n) is 18.2. The fraction of sp³-hybridized carbons (Fsp3) is 0.148. The molecule has 0 amide bonds. The second-order valence-corrected chi connectivity index (χ2v) is 18.2. The van der Waals surface area contributed by atoms with E-state index in [1.807, 2.05) is 0 Å². The molecule has 0 saturated carbocycles. The molecule has 3 heterocycles. The van der Waals surface area contributed by atoms with Crippen LogP contribution in [0.5, 0.6) is 0 Å². The zero-order chi connectivity index (χ0) is 43.7. The summed E-state index contributed by atoms with van der Waals surface area (Å²) in [6, 6.07) is 54.0. The molecule has 0 fully saturated rings. The number of hydrogen-bond donors (Lipinski definition) is 0. The zero-order valence-corrected chi connectivity index (χ0v) is 37.5. The van der Waals surface area contributed by atoms with Crippen LogP contribution in [0.2, 0.25) is 0 Å². The average Bonchev–Trinajstić information content (AvgIpc) is 3.68. The van der Waals surface area contributed by atoms with Crippen molar-refractivity contribution in [3.05, 3.63) is 226 Å². The van der Waals surface area contributed by atoms with Gasteiger partial charge in [0.1, 0.15) is 0 Å². The molecular weight excluding hydrogens is 775 g/mol. The molecule has 7 aromatic carbocycles. The largest absolute Gasteiger partial charge is 0.341 e. The van der Waals surface area contributed by atoms with Crippen molar-refractivity contribution in [1.29, 1.82) is 0 Å². The summed E-state index contributed by atoms with van der Waals surface area (Å²) < 4.78 is 2.40. The second kappa shape index (κ2) is 15.5. The van der Waals surface area contributed by atoms with E-state index in [0.29, 0.717) is 0 Å². The van der Waals surface area contributed by atoms with E-state index in [0.717, 1.165) is 52.4 Å². The van der Waals surface area contributed by atoms with Crippen molar-refractivity contribution < 1.29 is 0 Å². The van der Waals surface area contributed by atoms with Gasteiger partial charge in [-0.2, -0.15) is 0 Å². The van der Waals surface area contributed by atoms with E-state index < -0.39 is 0 Å². The number of anilines is 4. The highest BCUT2D eigenvalue weighted by Crippen LogP contribution is 2.53. The summed E-state index contributed by atoms with van der Waals surface area (Å²) in [4.78, 5) is 4.95. The maximum Gasteiger partial charge on any atom is 0.0557 e. The molecular formula is C61H53N3. The van der Waals surface area contributed by atoms with Crippen molar-refractivity contribution in [2.45, 2.75) is 52.9 Å². The number of fused-ring (bicyclic) bond motifs is 8. The van der Waals surface area contributed by atoms with Crippen molar-refractivity contribution in [2.75, 3.05) is 16.3 Å². The van der Waals surface area contributed by atoms with Crippen LogP contribution in [-0.2, 0) is 11.8 Å². The molecule has 0 bridgehead atoms. The maximum atomic E-state index is 4.50. The molecule has 64 heavy (non-hydrogen) atoms. The van der Waals surface area contributed by atoms with E-state index in [9.17, 15) is 0 Å². The number of rotatable bonds is 7. The molecule has 3 aliphatic rings. The summed E-state index contributed by atoms with van der Waals surface area (Å²) in [5.41, 5.74) is 23.5. The molecule has 0 atom stereocenters. The Balaban J connectivity index is 0.993. The molecule has 0 saturated heterocycles. The Kier molecular flexibility index (Phi) is 9.54. The van der Waals surface area contributed by atoms with Gasteiger partial charge in [-0.3, -0.25) is 0 Å². The van der Waals surface area contributed by atoms with Gasteiger partial charge in [-0.25, -0.2) is 0 Å². The Morgan fingerprint density at radius 1 is 0.641 bits per heavy atom. The number of benzene rings is 7. The first-order valence-corrected chi connectivity index (χ1v) is 22.8. The van der Waals surface area contributed by atoms with Crippen LogP contribution in [0.15, 0.2) is 187 Å². The minimum Gasteiger partial charge on any atom is -0.341 e. The van der Waals surface area contributed by atoms with Crippen LogP contribution in [0.25, 0.3) is 56.8 Å². The monoisotopic (exact) mass is 827 g/mol. The Labute approximate surface area is 377 Å². The van der Waals surface area contributed by atoms with Crippen molar-refractivity contribution >= 4 is 62.8 Å². The van der Waals surface area contributed by atoms with Crippen LogP contribution < -0.4 is 9.80 Å². The van der Waals surface area contributed by atoms with E-state index in [1.54, 1.807) is 0 Å². The van der Waals surface area contributed by atoms with Crippen molar-refractivity contribution in [3.8, 4) is 16.8 Å². The Morgan fingerprint density at radius 3 is 2.12 bits per heavy atom. The van der Waals surface area contributed by atoms with E-state index in [2.05, 4.69) is 238 Å². The lowest BCUT2D eigenvalue weighted by atomic mass is 9.79. The van der Waals surface area contributed by atoms with Gasteiger partial charge in [-0.15, -0.1) is 0 Å². The van der Waals surface area contributed by atoms with Crippen LogP contribution in [0.4, 0.5) is 22.7 Å². The van der Waals surface area contributed by atoms with Gasteiger partial charge in [0.05, 0.1) is 22.4 Å². The standard InChI is InChI=1S/C61H53N3/c1-7-16-46-29-28-45-18-12-14-23-56(45)64(60(46)40(2)3)48-30-34-58-52(39-48)51-37-42(27-33-57(51)63(58)47-20-9-8-10-21-47)24-25-43-26-31-49-50-32-35-54(41(4)59(50)61(5,6)53(49)38-43)62-36-15-19-44-17-11-13-22-55(44)62/h7-14,16-18,20-35,37-39H,2,15,19,36H2,1,3-6H3. The zero-order valence-electron chi connectivity index (χ0n) is 37.5. The third-order valence-corrected chi connectivity index (χ3v) is 13.9. The first-order valence-electron chi connectivity index (χ1n) is 22.8. The summed E-state index contributed by atoms with van der Waals surface area (Å²) in [5.74, 6) is 0. The lowest BCUT2D eigenvalue weighted by molar-refractivity contribution is 0.654. The number of para-hydroxylation sites is 3. The highest BCUT2D eigenvalue weighted by atomic mass is 15.2. The number of aryl methyl sites for hydroxylation is 1. The molecule has 8 aromatic rings. The summed E-state index contributed by atoms with van der Waals surface area (Å²) in [5, 5.41) is 2.42. The van der Waals surface area contributed by atoms with Crippen molar-refractivity contribution in [3.63, 3.8) is 0 Å². The fourth-order valence-electron chi connectivity index (χ4n) is 11.0. The number of aromatic nitrogens is 1. The Morgan fingerprint density at radius 2 is 1.33 bits per heavy atom. The van der Waals surface area contributed by atoms with Crippen LogP contribution in [0.1, 0.15) is 73.1 Å². The lowest BCUT2D eigenvalue weighted by Crippen LogP contribution is -2.26. The van der Waals surface area contributed by atoms with Gasteiger partial charge in [0.15, 0.2) is 0 Å². The van der Waals surface area contributed by atoms with Crippen LogP contribution in [-0.4, -0.2) is 11.1 Å². The molecule has 1 aliphatic carbocycles. The topological polar surface area (TPSA) is 11.4 Å². The highest BCUT2D eigenvalue weighted by molar-refractivity contribution is 6.11. The van der Waals surface area contributed by atoms with E-state index in [-0.39, 0.29) is 5.41 Å². The third-order valence-electron chi connectivity index (χ3n) is 13.9. The van der Waals surface area contributed by atoms with Gasteiger partial charge in [0.2, 0.25) is 0 Å². The summed E-state index contributed by atoms with van der Waals surface area (Å²) >= 11 is 0. The van der Waals surface area contributed by atoms with E-state index in [1.165, 1.54) is 84.1 Å². The summed E-state index contributed by atoms with van der Waals surface area (Å²) in [6.07, 6.45) is 15.6. The Hall–Kier alpha value is -7.36. The molecule has 0 spiro atoms. The number of hydrogen-bond acceptors (Lipinski definition) is 2. The highest BCUT2D eigenvalue weighted by Gasteiger charge is 2.38. The Bertz CT molecular complexity index is 3330. The van der Waals surface area contributed by atoms with Gasteiger partial charge in [0.25, 0.3) is 0 Å². The molecule has 312 valence electrons.